The van der Waals surface area contributed by atoms with E-state index in [4.69, 9.17) is 34.8 Å². The van der Waals surface area contributed by atoms with Crippen LogP contribution < -0.4 is 56.5 Å². The van der Waals surface area contributed by atoms with Crippen molar-refractivity contribution >= 4 is 18.1 Å². The van der Waals surface area contributed by atoms with Gasteiger partial charge in [-0.2, -0.15) is 0 Å². The van der Waals surface area contributed by atoms with Gasteiger partial charge in [0.1, 0.15) is 0 Å². The van der Waals surface area contributed by atoms with Crippen LogP contribution in [0.2, 0.25) is 0 Å². The number of carbonyl (C=O) groups is 3. The van der Waals surface area contributed by atoms with Crippen molar-refractivity contribution in [2.75, 3.05) is 0 Å². The maximum Gasteiger partial charge on any atom is 1.00 e. The molecule has 0 radical (unpaired) electrons. The van der Waals surface area contributed by atoms with E-state index in [1.807, 2.05) is 0 Å². The molecule has 0 aliphatic rings. The first-order chi connectivity index (χ1) is 4.37. The first-order valence-electron chi connectivity index (χ1n) is 1.74. The van der Waals surface area contributed by atoms with E-state index in [1.54, 1.807) is 0 Å². The van der Waals surface area contributed by atoms with E-state index in [-0.39, 0.29) is 51.4 Å². The second-order valence-electron chi connectivity index (χ2n) is 0.876. The molecule has 0 aromatic heterocycles. The van der Waals surface area contributed by atoms with Crippen molar-refractivity contribution in [3.63, 3.8) is 0 Å². The third kappa shape index (κ3) is 41.0. The van der Waals surface area contributed by atoms with E-state index in [1.165, 1.54) is 0 Å². The zero-order chi connectivity index (χ0) is 8.73. The van der Waals surface area contributed by atoms with Gasteiger partial charge in [0.15, 0.2) is 0 Å². The molecule has 58 valence electrons. The van der Waals surface area contributed by atoms with Gasteiger partial charge in [-0.1, -0.05) is 0 Å². The van der Waals surface area contributed by atoms with Crippen molar-refractivity contribution in [1.29, 1.82) is 0 Å². The van der Waals surface area contributed by atoms with Gasteiger partial charge in [0.25, 0.3) is 0 Å². The molecule has 0 aliphatic carbocycles. The fraction of sp³-hybridized carbons (Fsp3) is 0. The molecule has 0 unspecified atom stereocenters. The fourth-order valence-corrected chi connectivity index (χ4v) is 0. The summed E-state index contributed by atoms with van der Waals surface area (Å²) in [5.74, 6) is -3.65. The number of hydrogen-bond acceptors (Lipinski definition) is 4. The maximum atomic E-state index is 9.10. The Hall–Kier alpha value is -0.154. The van der Waals surface area contributed by atoms with Crippen molar-refractivity contribution in [2.45, 2.75) is 0 Å². The standard InChI is InChI=1S/C2H2O4.CH2O3.K/c3-1(4)2(5)6;2-1(3)4;/h(H,3,4)(H,5,6);(H2,2,3,4);/q;;+1/p-1. The summed E-state index contributed by atoms with van der Waals surface area (Å²) >= 11 is 0. The van der Waals surface area contributed by atoms with Gasteiger partial charge in [-0.15, -0.1) is 0 Å². The minimum absolute atomic E-state index is 0. The fourth-order valence-electron chi connectivity index (χ4n) is 0. The van der Waals surface area contributed by atoms with Gasteiger partial charge in [-0.25, -0.2) is 9.59 Å². The molecule has 0 saturated heterocycles. The summed E-state index contributed by atoms with van der Waals surface area (Å²) in [6.45, 7) is 0. The number of carboxylic acid groups (broad SMARTS) is 4. The van der Waals surface area contributed by atoms with E-state index in [0.717, 1.165) is 0 Å². The number of carboxylic acids is 2. The van der Waals surface area contributed by atoms with Crippen LogP contribution in [0.5, 0.6) is 0 Å². The Morgan fingerprint density at radius 3 is 1.00 bits per heavy atom. The molecular formula is C3H3KO7. The average Bonchev–Trinajstić information content (AvgIpc) is 1.63. The molecule has 0 spiro atoms. The molecule has 7 nitrogen and oxygen atoms in total. The van der Waals surface area contributed by atoms with Crippen LogP contribution in [-0.2, 0) is 9.59 Å². The largest absolute Gasteiger partial charge is 1.00 e. The Balaban J connectivity index is -0.000000114. The van der Waals surface area contributed by atoms with Gasteiger partial charge >= 0.3 is 63.3 Å². The van der Waals surface area contributed by atoms with Crippen molar-refractivity contribution in [1.82, 2.24) is 0 Å². The smallest absolute Gasteiger partial charge is 0.565 e. The third-order valence-corrected chi connectivity index (χ3v) is 0.183. The van der Waals surface area contributed by atoms with Gasteiger partial charge in [0.05, 0.1) is 0 Å². The number of rotatable bonds is 0. The molecule has 0 heterocycles. The van der Waals surface area contributed by atoms with Gasteiger partial charge in [0, 0.05) is 0 Å². The normalized spacial score (nSPS) is 6.18. The molecule has 0 atom stereocenters. The monoisotopic (exact) mass is 190 g/mol. The molecule has 0 amide bonds. The van der Waals surface area contributed by atoms with E-state index in [0.29, 0.717) is 0 Å². The molecule has 8 heteroatoms. The van der Waals surface area contributed by atoms with E-state index in [9.17, 15) is 0 Å². The first-order valence-corrected chi connectivity index (χ1v) is 1.74. The zero-order valence-corrected chi connectivity index (χ0v) is 8.60. The van der Waals surface area contributed by atoms with Gasteiger partial charge in [-0.05, 0) is 0 Å². The van der Waals surface area contributed by atoms with E-state index >= 15 is 0 Å². The van der Waals surface area contributed by atoms with Gasteiger partial charge < -0.3 is 25.2 Å². The molecule has 0 fully saturated rings. The summed E-state index contributed by atoms with van der Waals surface area (Å²) in [5.41, 5.74) is 0. The molecule has 0 aliphatic heterocycles. The van der Waals surface area contributed by atoms with Crippen LogP contribution >= 0.6 is 0 Å². The first kappa shape index (κ1) is 17.1. The van der Waals surface area contributed by atoms with Crippen LogP contribution in [0.15, 0.2) is 0 Å². The van der Waals surface area contributed by atoms with Gasteiger partial charge in [-0.3, -0.25) is 0 Å². The molecular weight excluding hydrogens is 187 g/mol. The topological polar surface area (TPSA) is 135 Å². The van der Waals surface area contributed by atoms with Crippen molar-refractivity contribution in [3.05, 3.63) is 0 Å². The second-order valence-corrected chi connectivity index (χ2v) is 0.876. The quantitative estimate of drug-likeness (QED) is 0.257. The van der Waals surface area contributed by atoms with E-state index < -0.39 is 18.1 Å². The predicted octanol–water partition coefficient (Wildman–Crippen LogP) is -4.95. The zero-order valence-electron chi connectivity index (χ0n) is 5.47. The summed E-state index contributed by atoms with van der Waals surface area (Å²) in [6.07, 6.45) is -2.08. The Morgan fingerprint density at radius 2 is 1.00 bits per heavy atom. The molecule has 11 heavy (non-hydrogen) atoms. The molecule has 0 aromatic rings. The summed E-state index contributed by atoms with van der Waals surface area (Å²) in [7, 11) is 0. The molecule has 3 N–H and O–H groups in total. The third-order valence-electron chi connectivity index (χ3n) is 0.183. The molecule has 0 bridgehead atoms. The van der Waals surface area contributed by atoms with Gasteiger partial charge in [0.2, 0.25) is 6.16 Å². The van der Waals surface area contributed by atoms with Crippen LogP contribution in [0.1, 0.15) is 0 Å². The average molecular weight is 190 g/mol. The SMILES string of the molecule is O=C(O)C(=O)O.O=C([O-])O.[K+]. The van der Waals surface area contributed by atoms with Crippen LogP contribution in [-0.4, -0.2) is 33.4 Å². The molecule has 0 saturated carbocycles. The number of aliphatic carboxylic acids is 2. The van der Waals surface area contributed by atoms with E-state index in [2.05, 4.69) is 0 Å². The predicted molar refractivity (Wildman–Crippen MR) is 23.3 cm³/mol. The summed E-state index contributed by atoms with van der Waals surface area (Å²) in [4.78, 5) is 26.6. The summed E-state index contributed by atoms with van der Waals surface area (Å²) < 4.78 is 0. The summed E-state index contributed by atoms with van der Waals surface area (Å²) in [5, 5.41) is 30.1. The van der Waals surface area contributed by atoms with Crippen molar-refractivity contribution in [2.24, 2.45) is 0 Å². The number of hydrogen-bond donors (Lipinski definition) is 3. The van der Waals surface area contributed by atoms with Crippen LogP contribution in [0, 0.1) is 0 Å². The maximum absolute atomic E-state index is 9.10. The van der Waals surface area contributed by atoms with Crippen molar-refractivity contribution in [3.8, 4) is 0 Å². The minimum Gasteiger partial charge on any atom is -0.565 e. The van der Waals surface area contributed by atoms with Crippen LogP contribution in [0.4, 0.5) is 4.79 Å². The van der Waals surface area contributed by atoms with Crippen LogP contribution in [0.25, 0.3) is 0 Å². The van der Waals surface area contributed by atoms with Crippen molar-refractivity contribution < 1.29 is 86.2 Å². The van der Waals surface area contributed by atoms with Crippen LogP contribution in [0.3, 0.4) is 0 Å². The summed E-state index contributed by atoms with van der Waals surface area (Å²) in [6, 6.07) is 0. The Labute approximate surface area is 103 Å². The second kappa shape index (κ2) is 9.85. The minimum atomic E-state index is -2.08. The Bertz CT molecular complexity index is 136. The Kier molecular flexibility index (Phi) is 15.3. The molecule has 0 aromatic carbocycles. The Morgan fingerprint density at radius 1 is 0.909 bits per heavy atom. The molecule has 0 rings (SSSR count).